The number of ether oxygens (including phenoxy) is 1. The molecule has 1 aliphatic heterocycles. The van der Waals surface area contributed by atoms with Gasteiger partial charge in [-0.1, -0.05) is 18.2 Å². The third kappa shape index (κ3) is 3.76. The molecule has 0 atom stereocenters. The van der Waals surface area contributed by atoms with Gasteiger partial charge in [-0.3, -0.25) is 0 Å². The summed E-state index contributed by atoms with van der Waals surface area (Å²) in [6, 6.07) is 10.0. The summed E-state index contributed by atoms with van der Waals surface area (Å²) in [7, 11) is -3.52. The first-order chi connectivity index (χ1) is 13.3. The second-order valence-corrected chi connectivity index (χ2v) is 9.26. The molecule has 152 valence electrons. The monoisotopic (exact) mass is 402 g/mol. The van der Waals surface area contributed by atoms with E-state index in [4.69, 9.17) is 4.74 Å². The van der Waals surface area contributed by atoms with E-state index in [0.29, 0.717) is 37.7 Å². The van der Waals surface area contributed by atoms with Crippen LogP contribution in [0.2, 0.25) is 0 Å². The number of para-hydroxylation sites is 2. The molecule has 2 aromatic rings. The molecule has 0 aromatic heterocycles. The average molecular weight is 403 g/mol. The van der Waals surface area contributed by atoms with E-state index in [1.165, 1.54) is 0 Å². The smallest absolute Gasteiger partial charge is 0.243 e. The molecule has 0 saturated carbocycles. The number of nitrogens with zero attached hydrogens (tertiary/aromatic N) is 2. The predicted octanol–water partition coefficient (Wildman–Crippen LogP) is 3.83. The number of piperazine rings is 1. The largest absolute Gasteiger partial charge is 0.492 e. The Morgan fingerprint density at radius 1 is 0.929 bits per heavy atom. The van der Waals surface area contributed by atoms with Crippen LogP contribution in [0.25, 0.3) is 0 Å². The molecule has 5 nitrogen and oxygen atoms in total. The van der Waals surface area contributed by atoms with Crippen LogP contribution in [0.4, 0.5) is 5.69 Å². The lowest BCUT2D eigenvalue weighted by molar-refractivity contribution is 0.337. The van der Waals surface area contributed by atoms with Crippen molar-refractivity contribution in [2.45, 2.75) is 39.5 Å². The summed E-state index contributed by atoms with van der Waals surface area (Å²) in [6.45, 7) is 12.6. The Labute approximate surface area is 169 Å². The highest BCUT2D eigenvalue weighted by molar-refractivity contribution is 7.89. The molecule has 1 fully saturated rings. The Morgan fingerprint density at radius 2 is 1.50 bits per heavy atom. The van der Waals surface area contributed by atoms with Gasteiger partial charge in [0.15, 0.2) is 0 Å². The molecule has 0 spiro atoms. The van der Waals surface area contributed by atoms with Crippen molar-refractivity contribution in [3.63, 3.8) is 0 Å². The fraction of sp³-hybridized carbons (Fsp3) is 0.455. The number of anilines is 1. The molecule has 3 rings (SSSR count). The summed E-state index contributed by atoms with van der Waals surface area (Å²) < 4.78 is 34.2. The Kier molecular flexibility index (Phi) is 6.01. The maximum atomic E-state index is 13.4. The standard InChI is InChI=1S/C22H30N2O3S/c1-6-27-21-10-8-7-9-20(21)23-11-13-24(14-12-23)28(25,26)22-18(4)16(2)15-17(3)19(22)5/h7-10,15H,6,11-14H2,1-5H3. The van der Waals surface area contributed by atoms with E-state index in [-0.39, 0.29) is 0 Å². The van der Waals surface area contributed by atoms with Crippen LogP contribution in [0.15, 0.2) is 35.2 Å². The molecule has 28 heavy (non-hydrogen) atoms. The first-order valence-electron chi connectivity index (χ1n) is 9.81. The van der Waals surface area contributed by atoms with Crippen molar-refractivity contribution in [1.29, 1.82) is 0 Å². The Morgan fingerprint density at radius 3 is 2.07 bits per heavy atom. The molecule has 6 heteroatoms. The fourth-order valence-electron chi connectivity index (χ4n) is 3.86. The maximum absolute atomic E-state index is 13.4. The summed E-state index contributed by atoms with van der Waals surface area (Å²) in [5, 5.41) is 0. The zero-order valence-electron chi connectivity index (χ0n) is 17.4. The van der Waals surface area contributed by atoms with E-state index < -0.39 is 10.0 Å². The summed E-state index contributed by atoms with van der Waals surface area (Å²) in [6.07, 6.45) is 0. The van der Waals surface area contributed by atoms with Gasteiger partial charge in [0.1, 0.15) is 5.75 Å². The van der Waals surface area contributed by atoms with Gasteiger partial charge in [-0.05, 0) is 69.0 Å². The van der Waals surface area contributed by atoms with Gasteiger partial charge in [-0.25, -0.2) is 8.42 Å². The summed E-state index contributed by atoms with van der Waals surface area (Å²) >= 11 is 0. The lowest BCUT2D eigenvalue weighted by Crippen LogP contribution is -2.49. The van der Waals surface area contributed by atoms with E-state index in [1.807, 2.05) is 58.9 Å². The molecule has 0 aliphatic carbocycles. The highest BCUT2D eigenvalue weighted by Gasteiger charge is 2.32. The molecule has 0 N–H and O–H groups in total. The van der Waals surface area contributed by atoms with Crippen LogP contribution >= 0.6 is 0 Å². The van der Waals surface area contributed by atoms with Gasteiger partial charge in [-0.2, -0.15) is 4.31 Å². The van der Waals surface area contributed by atoms with Gasteiger partial charge in [-0.15, -0.1) is 0 Å². The average Bonchev–Trinajstić information content (AvgIpc) is 2.67. The van der Waals surface area contributed by atoms with Gasteiger partial charge >= 0.3 is 0 Å². The van der Waals surface area contributed by atoms with Crippen LogP contribution in [0, 0.1) is 27.7 Å². The summed E-state index contributed by atoms with van der Waals surface area (Å²) in [5.41, 5.74) is 4.77. The predicted molar refractivity (Wildman–Crippen MR) is 114 cm³/mol. The highest BCUT2D eigenvalue weighted by Crippen LogP contribution is 2.32. The first-order valence-corrected chi connectivity index (χ1v) is 11.3. The maximum Gasteiger partial charge on any atom is 0.243 e. The number of hydrogen-bond acceptors (Lipinski definition) is 4. The van der Waals surface area contributed by atoms with E-state index in [0.717, 1.165) is 33.7 Å². The van der Waals surface area contributed by atoms with Crippen molar-refractivity contribution in [2.75, 3.05) is 37.7 Å². The minimum absolute atomic E-state index is 0.467. The van der Waals surface area contributed by atoms with Crippen LogP contribution in [0.3, 0.4) is 0 Å². The second-order valence-electron chi connectivity index (χ2n) is 7.38. The number of hydrogen-bond donors (Lipinski definition) is 0. The highest BCUT2D eigenvalue weighted by atomic mass is 32.2. The third-order valence-electron chi connectivity index (χ3n) is 5.64. The van der Waals surface area contributed by atoms with Gasteiger partial charge in [0.25, 0.3) is 0 Å². The van der Waals surface area contributed by atoms with Gasteiger partial charge in [0.2, 0.25) is 10.0 Å². The minimum atomic E-state index is -3.52. The molecule has 0 amide bonds. The zero-order valence-corrected chi connectivity index (χ0v) is 18.3. The van der Waals surface area contributed by atoms with Crippen molar-refractivity contribution >= 4 is 15.7 Å². The molecule has 0 bridgehead atoms. The molecule has 1 heterocycles. The lowest BCUT2D eigenvalue weighted by atomic mass is 10.0. The Balaban J connectivity index is 1.84. The first kappa shape index (κ1) is 20.7. The van der Waals surface area contributed by atoms with Crippen LogP contribution in [-0.2, 0) is 10.0 Å². The molecule has 0 radical (unpaired) electrons. The van der Waals surface area contributed by atoms with Crippen LogP contribution in [0.5, 0.6) is 5.75 Å². The molecule has 0 unspecified atom stereocenters. The van der Waals surface area contributed by atoms with Crippen LogP contribution in [0.1, 0.15) is 29.2 Å². The van der Waals surface area contributed by atoms with Gasteiger partial charge < -0.3 is 9.64 Å². The summed E-state index contributed by atoms with van der Waals surface area (Å²) in [5.74, 6) is 0.849. The summed E-state index contributed by atoms with van der Waals surface area (Å²) in [4.78, 5) is 2.69. The number of sulfonamides is 1. The van der Waals surface area contributed by atoms with Crippen molar-refractivity contribution in [3.8, 4) is 5.75 Å². The van der Waals surface area contributed by atoms with E-state index in [9.17, 15) is 8.42 Å². The van der Waals surface area contributed by atoms with Crippen LogP contribution < -0.4 is 9.64 Å². The number of aryl methyl sites for hydroxylation is 2. The minimum Gasteiger partial charge on any atom is -0.492 e. The fourth-order valence-corrected chi connectivity index (χ4v) is 5.86. The number of rotatable bonds is 5. The molecular formula is C22H30N2O3S. The second kappa shape index (κ2) is 8.13. The van der Waals surface area contributed by atoms with E-state index in [1.54, 1.807) is 4.31 Å². The lowest BCUT2D eigenvalue weighted by Gasteiger charge is -2.36. The Bertz CT molecular complexity index is 936. The Hall–Kier alpha value is -2.05. The van der Waals surface area contributed by atoms with Crippen LogP contribution in [-0.4, -0.2) is 45.5 Å². The topological polar surface area (TPSA) is 49.9 Å². The van der Waals surface area contributed by atoms with Gasteiger partial charge in [0, 0.05) is 26.2 Å². The van der Waals surface area contributed by atoms with Crippen molar-refractivity contribution < 1.29 is 13.2 Å². The SMILES string of the molecule is CCOc1ccccc1N1CCN(S(=O)(=O)c2c(C)c(C)cc(C)c2C)CC1. The van der Waals surface area contributed by atoms with Crippen molar-refractivity contribution in [3.05, 3.63) is 52.6 Å². The van der Waals surface area contributed by atoms with E-state index >= 15 is 0 Å². The van der Waals surface area contributed by atoms with Crippen molar-refractivity contribution in [2.24, 2.45) is 0 Å². The normalized spacial score (nSPS) is 15.7. The van der Waals surface area contributed by atoms with E-state index in [2.05, 4.69) is 11.0 Å². The molecule has 1 saturated heterocycles. The number of benzene rings is 2. The van der Waals surface area contributed by atoms with Crippen molar-refractivity contribution in [1.82, 2.24) is 4.31 Å². The van der Waals surface area contributed by atoms with Gasteiger partial charge in [0.05, 0.1) is 17.2 Å². The molecule has 1 aliphatic rings. The quantitative estimate of drug-likeness (QED) is 0.763. The molecular weight excluding hydrogens is 372 g/mol. The third-order valence-corrected chi connectivity index (χ3v) is 7.81. The zero-order chi connectivity index (χ0) is 20.5. The molecule has 2 aromatic carbocycles.